The number of aryl methyl sites for hydroxylation is 1. The average molecular weight is 397 g/mol. The molecule has 0 saturated heterocycles. The average Bonchev–Trinajstić information content (AvgIpc) is 3.13. The van der Waals surface area contributed by atoms with Crippen molar-refractivity contribution in [3.05, 3.63) is 52.8 Å². The zero-order valence-corrected chi connectivity index (χ0v) is 14.5. The Hall–Kier alpha value is -2.68. The van der Waals surface area contributed by atoms with Crippen LogP contribution in [0.1, 0.15) is 36.1 Å². The van der Waals surface area contributed by atoms with Gasteiger partial charge in [0.15, 0.2) is 0 Å². The molecule has 1 atom stereocenters. The fraction of sp³-hybridized carbons (Fsp3) is 0.294. The van der Waals surface area contributed by atoms with Crippen LogP contribution in [-0.4, -0.2) is 20.1 Å². The van der Waals surface area contributed by atoms with Crippen LogP contribution in [0, 0.1) is 0 Å². The molecule has 0 spiro atoms. The lowest BCUT2D eigenvalue weighted by molar-refractivity contribution is -0.159. The van der Waals surface area contributed by atoms with Gasteiger partial charge in [-0.05, 0) is 37.0 Å². The van der Waals surface area contributed by atoms with Crippen LogP contribution in [-0.2, 0) is 12.6 Å². The maximum absolute atomic E-state index is 12.6. The van der Waals surface area contributed by atoms with E-state index in [-0.39, 0.29) is 17.8 Å². The predicted molar refractivity (Wildman–Crippen MR) is 88.1 cm³/mol. The first-order chi connectivity index (χ1) is 12.9. The maximum atomic E-state index is 12.6. The third kappa shape index (κ3) is 3.73. The van der Waals surface area contributed by atoms with Gasteiger partial charge in [-0.25, -0.2) is 9.97 Å². The van der Waals surface area contributed by atoms with Crippen molar-refractivity contribution in [1.29, 1.82) is 0 Å². The lowest BCUT2D eigenvalue weighted by atomic mass is 9.94. The highest BCUT2D eigenvalue weighted by Gasteiger charge is 2.38. The van der Waals surface area contributed by atoms with Gasteiger partial charge in [-0.1, -0.05) is 22.8 Å². The van der Waals surface area contributed by atoms with Crippen molar-refractivity contribution in [3.63, 3.8) is 0 Å². The van der Waals surface area contributed by atoms with Crippen molar-refractivity contribution >= 4 is 11.6 Å². The minimum Gasteiger partial charge on any atom is -0.468 e. The van der Waals surface area contributed by atoms with E-state index in [9.17, 15) is 13.2 Å². The SMILES string of the molecule is FC(F)(F)c1nc(-c2ccnc(OC3CCCc4ccc(Cl)nc43)c2)no1. The fourth-order valence-electron chi connectivity index (χ4n) is 2.91. The molecule has 1 aliphatic rings. The summed E-state index contributed by atoms with van der Waals surface area (Å²) in [5.74, 6) is -1.37. The van der Waals surface area contributed by atoms with Gasteiger partial charge in [-0.15, -0.1) is 0 Å². The zero-order chi connectivity index (χ0) is 19.0. The van der Waals surface area contributed by atoms with E-state index in [1.165, 1.54) is 18.3 Å². The summed E-state index contributed by atoms with van der Waals surface area (Å²) in [7, 11) is 0. The number of rotatable bonds is 3. The van der Waals surface area contributed by atoms with Crippen LogP contribution < -0.4 is 4.74 Å². The van der Waals surface area contributed by atoms with E-state index in [0.717, 1.165) is 30.5 Å². The molecule has 0 aliphatic heterocycles. The molecule has 0 fully saturated rings. The number of hydrogen-bond acceptors (Lipinski definition) is 6. The van der Waals surface area contributed by atoms with Crippen molar-refractivity contribution in [2.45, 2.75) is 31.5 Å². The number of hydrogen-bond donors (Lipinski definition) is 0. The van der Waals surface area contributed by atoms with Crippen molar-refractivity contribution < 1.29 is 22.4 Å². The molecule has 6 nitrogen and oxygen atoms in total. The highest BCUT2D eigenvalue weighted by Crippen LogP contribution is 2.34. The van der Waals surface area contributed by atoms with Crippen LogP contribution in [0.2, 0.25) is 5.15 Å². The van der Waals surface area contributed by atoms with E-state index in [2.05, 4.69) is 24.6 Å². The summed E-state index contributed by atoms with van der Waals surface area (Å²) < 4.78 is 48.1. The van der Waals surface area contributed by atoms with Crippen LogP contribution in [0.4, 0.5) is 13.2 Å². The third-order valence-electron chi connectivity index (χ3n) is 4.12. The quantitative estimate of drug-likeness (QED) is 0.600. The molecule has 3 heterocycles. The summed E-state index contributed by atoms with van der Waals surface area (Å²) in [6, 6.07) is 6.59. The normalized spacial score (nSPS) is 16.8. The van der Waals surface area contributed by atoms with Gasteiger partial charge in [-0.3, -0.25) is 0 Å². The molecule has 0 amide bonds. The Bertz CT molecular complexity index is 977. The second-order valence-corrected chi connectivity index (χ2v) is 6.37. The Labute approximate surface area is 156 Å². The van der Waals surface area contributed by atoms with Gasteiger partial charge in [-0.2, -0.15) is 18.2 Å². The number of fused-ring (bicyclic) bond motifs is 1. The van der Waals surface area contributed by atoms with E-state index in [1.807, 2.05) is 6.07 Å². The summed E-state index contributed by atoms with van der Waals surface area (Å²) in [5, 5.41) is 3.74. The van der Waals surface area contributed by atoms with Crippen molar-refractivity contribution in [2.75, 3.05) is 0 Å². The molecule has 0 bridgehead atoms. The molecular weight excluding hydrogens is 385 g/mol. The molecule has 0 aromatic carbocycles. The smallest absolute Gasteiger partial charge is 0.468 e. The van der Waals surface area contributed by atoms with Gasteiger partial charge in [0.2, 0.25) is 11.7 Å². The fourth-order valence-corrected chi connectivity index (χ4v) is 3.07. The highest BCUT2D eigenvalue weighted by atomic mass is 35.5. The first kappa shape index (κ1) is 17.7. The molecular formula is C17H12ClF3N4O2. The molecule has 10 heteroatoms. The van der Waals surface area contributed by atoms with E-state index < -0.39 is 12.1 Å². The van der Waals surface area contributed by atoms with Gasteiger partial charge in [0, 0.05) is 17.8 Å². The molecule has 140 valence electrons. The Morgan fingerprint density at radius 3 is 2.81 bits per heavy atom. The van der Waals surface area contributed by atoms with Gasteiger partial charge in [0.05, 0.1) is 5.69 Å². The van der Waals surface area contributed by atoms with Gasteiger partial charge in [0.25, 0.3) is 0 Å². The summed E-state index contributed by atoms with van der Waals surface area (Å²) in [5.41, 5.74) is 2.11. The van der Waals surface area contributed by atoms with Crippen molar-refractivity contribution in [2.24, 2.45) is 0 Å². The van der Waals surface area contributed by atoms with Crippen molar-refractivity contribution in [3.8, 4) is 17.3 Å². The summed E-state index contributed by atoms with van der Waals surface area (Å²) in [6.07, 6.45) is -1.10. The molecule has 0 radical (unpaired) electrons. The largest absolute Gasteiger partial charge is 0.471 e. The first-order valence-corrected chi connectivity index (χ1v) is 8.47. The monoisotopic (exact) mass is 396 g/mol. The van der Waals surface area contributed by atoms with E-state index in [0.29, 0.717) is 10.7 Å². The Balaban J connectivity index is 1.59. The molecule has 0 saturated carbocycles. The standard InChI is InChI=1S/C17H12ClF3N4O2/c18-12-5-4-9-2-1-3-11(14(9)23-12)26-13-8-10(6-7-22-13)15-24-16(27-25-15)17(19,20)21/h4-8,11H,1-3H2. The molecule has 0 N–H and O–H groups in total. The topological polar surface area (TPSA) is 73.9 Å². The van der Waals surface area contributed by atoms with E-state index in [1.54, 1.807) is 6.07 Å². The maximum Gasteiger partial charge on any atom is 0.471 e. The van der Waals surface area contributed by atoms with Gasteiger partial charge in [0.1, 0.15) is 11.3 Å². The van der Waals surface area contributed by atoms with Crippen molar-refractivity contribution in [1.82, 2.24) is 20.1 Å². The molecule has 27 heavy (non-hydrogen) atoms. The number of ether oxygens (including phenoxy) is 1. The molecule has 4 rings (SSSR count). The Morgan fingerprint density at radius 2 is 2.04 bits per heavy atom. The minimum absolute atomic E-state index is 0.195. The summed E-state index contributed by atoms with van der Waals surface area (Å²) in [4.78, 5) is 11.8. The Kier molecular flexibility index (Phi) is 4.47. The number of nitrogens with zero attached hydrogens (tertiary/aromatic N) is 4. The Morgan fingerprint density at radius 1 is 1.19 bits per heavy atom. The van der Waals surface area contributed by atoms with Crippen LogP contribution >= 0.6 is 11.6 Å². The third-order valence-corrected chi connectivity index (χ3v) is 4.33. The second kappa shape index (κ2) is 6.80. The highest BCUT2D eigenvalue weighted by molar-refractivity contribution is 6.29. The van der Waals surface area contributed by atoms with E-state index >= 15 is 0 Å². The van der Waals surface area contributed by atoms with Crippen LogP contribution in [0.3, 0.4) is 0 Å². The van der Waals surface area contributed by atoms with Gasteiger partial charge < -0.3 is 9.26 Å². The van der Waals surface area contributed by atoms with Gasteiger partial charge >= 0.3 is 12.1 Å². The van der Waals surface area contributed by atoms with E-state index in [4.69, 9.17) is 16.3 Å². The minimum atomic E-state index is -4.70. The number of pyridine rings is 2. The summed E-state index contributed by atoms with van der Waals surface area (Å²) >= 11 is 5.99. The van der Waals surface area contributed by atoms with Crippen LogP contribution in [0.15, 0.2) is 35.0 Å². The molecule has 3 aromatic heterocycles. The van der Waals surface area contributed by atoms with Crippen LogP contribution in [0.25, 0.3) is 11.4 Å². The molecule has 3 aromatic rings. The number of alkyl halides is 3. The summed E-state index contributed by atoms with van der Waals surface area (Å²) in [6.45, 7) is 0. The second-order valence-electron chi connectivity index (χ2n) is 5.98. The predicted octanol–water partition coefficient (Wildman–Crippen LogP) is 4.66. The number of halogens is 4. The lowest BCUT2D eigenvalue weighted by Gasteiger charge is -2.24. The lowest BCUT2D eigenvalue weighted by Crippen LogP contribution is -2.17. The number of aromatic nitrogens is 4. The zero-order valence-electron chi connectivity index (χ0n) is 13.7. The van der Waals surface area contributed by atoms with Crippen LogP contribution in [0.5, 0.6) is 5.88 Å². The molecule has 1 aliphatic carbocycles. The first-order valence-electron chi connectivity index (χ1n) is 8.09. The molecule has 1 unspecified atom stereocenters.